The summed E-state index contributed by atoms with van der Waals surface area (Å²) in [6.07, 6.45) is 0. The van der Waals surface area contributed by atoms with Gasteiger partial charge in [-0.1, -0.05) is 188 Å². The molecule has 0 aliphatic rings. The van der Waals surface area contributed by atoms with Gasteiger partial charge in [0.25, 0.3) is 0 Å². The number of nitrogens with zero attached hydrogens (tertiary/aromatic N) is 3. The van der Waals surface area contributed by atoms with Crippen molar-refractivity contribution in [2.45, 2.75) is 0 Å². The lowest BCUT2D eigenvalue weighted by Crippen LogP contribution is -2.02. The largest absolute Gasteiger partial charge is 0.307 e. The topological polar surface area (TPSA) is 22.8 Å². The van der Waals surface area contributed by atoms with Crippen molar-refractivity contribution in [1.29, 1.82) is 0 Å². The van der Waals surface area contributed by atoms with Gasteiger partial charge in [0.05, 0.1) is 27.8 Å². The zero-order valence-corrected chi connectivity index (χ0v) is 33.9. The quantitative estimate of drug-likeness (QED) is 0.158. The number of aromatic nitrogens is 3. The van der Waals surface area contributed by atoms with E-state index in [0.29, 0.717) is 0 Å². The van der Waals surface area contributed by atoms with E-state index in [0.717, 1.165) is 61.5 Å². The van der Waals surface area contributed by atoms with E-state index < -0.39 is 0 Å². The fraction of sp³-hybridized carbons (Fsp3) is 0. The van der Waals surface area contributed by atoms with Crippen LogP contribution in [-0.2, 0) is 0 Å². The van der Waals surface area contributed by atoms with Gasteiger partial charge in [0.1, 0.15) is 5.82 Å². The van der Waals surface area contributed by atoms with Crippen LogP contribution in [-0.4, -0.2) is 14.1 Å². The van der Waals surface area contributed by atoms with Crippen molar-refractivity contribution >= 4 is 43.6 Å². The first kappa shape index (κ1) is 35.7. The molecule has 9 aromatic carbocycles. The van der Waals surface area contributed by atoms with Crippen LogP contribution in [0.2, 0.25) is 0 Å². The molecule has 3 aromatic heterocycles. The summed E-state index contributed by atoms with van der Waals surface area (Å²) in [6, 6.07) is 85.2. The molecule has 0 saturated carbocycles. The minimum Gasteiger partial charge on any atom is -0.307 e. The van der Waals surface area contributed by atoms with Crippen LogP contribution < -0.4 is 0 Å². The maximum atomic E-state index is 5.69. The molecule has 0 unspecified atom stereocenters. The second-order valence-electron chi connectivity index (χ2n) is 15.9. The maximum Gasteiger partial charge on any atom is 0.138 e. The molecule has 0 aliphatic heterocycles. The Kier molecular flexibility index (Phi) is 8.50. The first-order valence-corrected chi connectivity index (χ1v) is 21.2. The SMILES string of the molecule is c1ccc(-c2ccc(-c3cc(-c4cccc(-c5ccccc5)c4)nc(-n4c5ccccc5c5c(-c6ccccc6)cc6c7ccccc7n(-c7ccccc7)c6c54)c3)cc2)cc1. The number of para-hydroxylation sites is 3. The summed E-state index contributed by atoms with van der Waals surface area (Å²) in [7, 11) is 0. The third kappa shape index (κ3) is 5.94. The highest BCUT2D eigenvalue weighted by molar-refractivity contribution is 6.28. The molecule has 0 saturated heterocycles. The second-order valence-corrected chi connectivity index (χ2v) is 15.9. The van der Waals surface area contributed by atoms with Gasteiger partial charge in [-0.3, -0.25) is 4.57 Å². The van der Waals surface area contributed by atoms with Crippen LogP contribution in [0.5, 0.6) is 0 Å². The molecule has 290 valence electrons. The standard InChI is InChI=1S/C59H39N3/c1-5-18-40(19-6-1)42-32-34-43(35-33-42)47-37-53(46-25-17-24-45(36-46)41-20-7-2-8-21-41)60-56(38-47)62-55-31-16-14-29-50(55)57-51(44-22-9-3-10-23-44)39-52-49-28-13-15-30-54(49)61(58(52)59(57)62)48-26-11-4-12-27-48/h1-39H. The molecule has 3 nitrogen and oxygen atoms in total. The van der Waals surface area contributed by atoms with Crippen LogP contribution in [0.4, 0.5) is 0 Å². The van der Waals surface area contributed by atoms with Gasteiger partial charge in [-0.25, -0.2) is 4.98 Å². The Balaban J connectivity index is 1.21. The zero-order chi connectivity index (χ0) is 41.0. The number of benzene rings is 9. The number of hydrogen-bond acceptors (Lipinski definition) is 1. The van der Waals surface area contributed by atoms with Gasteiger partial charge in [-0.2, -0.15) is 0 Å². The Morgan fingerprint density at radius 2 is 0.790 bits per heavy atom. The minimum atomic E-state index is 0.859. The molecule has 12 rings (SSSR count). The monoisotopic (exact) mass is 789 g/mol. The molecular weight excluding hydrogens is 751 g/mol. The van der Waals surface area contributed by atoms with E-state index in [1.54, 1.807) is 0 Å². The van der Waals surface area contributed by atoms with E-state index in [1.807, 2.05) is 0 Å². The van der Waals surface area contributed by atoms with Crippen LogP contribution in [0, 0.1) is 0 Å². The van der Waals surface area contributed by atoms with Crippen molar-refractivity contribution in [2.24, 2.45) is 0 Å². The predicted molar refractivity (Wildman–Crippen MR) is 260 cm³/mol. The lowest BCUT2D eigenvalue weighted by Gasteiger charge is -2.16. The highest BCUT2D eigenvalue weighted by Crippen LogP contribution is 2.46. The van der Waals surface area contributed by atoms with E-state index in [4.69, 9.17) is 4.98 Å². The molecule has 0 bridgehead atoms. The Morgan fingerprint density at radius 1 is 0.290 bits per heavy atom. The summed E-state index contributed by atoms with van der Waals surface area (Å²) < 4.78 is 4.89. The Bertz CT molecular complexity index is 3590. The Hall–Kier alpha value is -8.27. The summed E-state index contributed by atoms with van der Waals surface area (Å²) in [6.45, 7) is 0. The summed E-state index contributed by atoms with van der Waals surface area (Å²) >= 11 is 0. The molecule has 0 aliphatic carbocycles. The fourth-order valence-corrected chi connectivity index (χ4v) is 9.45. The van der Waals surface area contributed by atoms with E-state index in [2.05, 4.69) is 246 Å². The Labute approximate surface area is 360 Å². The van der Waals surface area contributed by atoms with Gasteiger partial charge in [-0.05, 0) is 93.0 Å². The van der Waals surface area contributed by atoms with Gasteiger partial charge in [0.2, 0.25) is 0 Å². The lowest BCUT2D eigenvalue weighted by atomic mass is 9.96. The van der Waals surface area contributed by atoms with Gasteiger partial charge in [0.15, 0.2) is 0 Å². The smallest absolute Gasteiger partial charge is 0.138 e. The van der Waals surface area contributed by atoms with Crippen molar-refractivity contribution < 1.29 is 0 Å². The number of rotatable bonds is 7. The summed E-state index contributed by atoms with van der Waals surface area (Å²) in [5.41, 5.74) is 16.9. The van der Waals surface area contributed by atoms with Crippen LogP contribution in [0.25, 0.3) is 111 Å². The average Bonchev–Trinajstić information content (AvgIpc) is 3.88. The molecular formula is C59H39N3. The zero-order valence-electron chi connectivity index (χ0n) is 33.9. The van der Waals surface area contributed by atoms with Gasteiger partial charge in [0, 0.05) is 32.8 Å². The van der Waals surface area contributed by atoms with Crippen molar-refractivity contribution in [2.75, 3.05) is 0 Å². The first-order chi connectivity index (χ1) is 30.8. The fourth-order valence-electron chi connectivity index (χ4n) is 9.45. The van der Waals surface area contributed by atoms with Gasteiger partial charge < -0.3 is 4.57 Å². The molecule has 0 amide bonds. The molecule has 0 radical (unpaired) electrons. The number of hydrogen-bond donors (Lipinski definition) is 0. The van der Waals surface area contributed by atoms with E-state index in [1.165, 1.54) is 49.4 Å². The molecule has 0 fully saturated rings. The number of pyridine rings is 1. The second kappa shape index (κ2) is 14.8. The molecule has 0 atom stereocenters. The minimum absolute atomic E-state index is 0.859. The average molecular weight is 790 g/mol. The molecule has 3 heteroatoms. The predicted octanol–water partition coefficient (Wildman–Crippen LogP) is 15.6. The molecule has 12 aromatic rings. The van der Waals surface area contributed by atoms with Gasteiger partial charge >= 0.3 is 0 Å². The van der Waals surface area contributed by atoms with Crippen molar-refractivity contribution in [3.8, 4) is 67.3 Å². The third-order valence-electron chi connectivity index (χ3n) is 12.3. The first-order valence-electron chi connectivity index (χ1n) is 21.2. The highest BCUT2D eigenvalue weighted by atomic mass is 15.1. The molecule has 3 heterocycles. The molecule has 0 N–H and O–H groups in total. The molecule has 0 spiro atoms. The summed E-state index contributed by atoms with van der Waals surface area (Å²) in [5, 5.41) is 4.79. The third-order valence-corrected chi connectivity index (χ3v) is 12.3. The van der Waals surface area contributed by atoms with E-state index in [-0.39, 0.29) is 0 Å². The normalized spacial score (nSPS) is 11.5. The lowest BCUT2D eigenvalue weighted by molar-refractivity contribution is 1.08. The van der Waals surface area contributed by atoms with Crippen molar-refractivity contribution in [3.63, 3.8) is 0 Å². The van der Waals surface area contributed by atoms with E-state index >= 15 is 0 Å². The van der Waals surface area contributed by atoms with E-state index in [9.17, 15) is 0 Å². The maximum absolute atomic E-state index is 5.69. The number of fused-ring (bicyclic) bond motifs is 7. The summed E-state index contributed by atoms with van der Waals surface area (Å²) in [5.74, 6) is 0.859. The summed E-state index contributed by atoms with van der Waals surface area (Å²) in [4.78, 5) is 5.69. The van der Waals surface area contributed by atoms with Crippen molar-refractivity contribution in [1.82, 2.24) is 14.1 Å². The van der Waals surface area contributed by atoms with Crippen LogP contribution in [0.1, 0.15) is 0 Å². The highest BCUT2D eigenvalue weighted by Gasteiger charge is 2.25. The Morgan fingerprint density at radius 3 is 1.47 bits per heavy atom. The van der Waals surface area contributed by atoms with Crippen LogP contribution >= 0.6 is 0 Å². The molecule has 62 heavy (non-hydrogen) atoms. The van der Waals surface area contributed by atoms with Crippen LogP contribution in [0.3, 0.4) is 0 Å². The van der Waals surface area contributed by atoms with Gasteiger partial charge in [-0.15, -0.1) is 0 Å². The van der Waals surface area contributed by atoms with Crippen molar-refractivity contribution in [3.05, 3.63) is 237 Å². The van der Waals surface area contributed by atoms with Crippen LogP contribution in [0.15, 0.2) is 237 Å².